The van der Waals surface area contributed by atoms with Gasteiger partial charge in [-0.15, -0.1) is 0 Å². The highest BCUT2D eigenvalue weighted by atomic mass is 16.3. The predicted molar refractivity (Wildman–Crippen MR) is 64.3 cm³/mol. The zero-order valence-corrected chi connectivity index (χ0v) is 10.5. The molecule has 1 rings (SSSR count). The van der Waals surface area contributed by atoms with Crippen LogP contribution in [0.1, 0.15) is 26.5 Å². The number of aliphatic hydroxyl groups is 1. The van der Waals surface area contributed by atoms with E-state index in [0.29, 0.717) is 12.3 Å². The Morgan fingerprint density at radius 1 is 1.59 bits per heavy atom. The van der Waals surface area contributed by atoms with Gasteiger partial charge in [0, 0.05) is 5.54 Å². The largest absolute Gasteiger partial charge is 0.467 e. The number of carbonyl (C=O) groups excluding carboxylic acids is 1. The molecule has 1 aromatic heterocycles. The molecule has 0 fully saturated rings. The van der Waals surface area contributed by atoms with Gasteiger partial charge in [-0.25, -0.2) is 0 Å². The van der Waals surface area contributed by atoms with Crippen LogP contribution in [0.2, 0.25) is 0 Å². The molecule has 1 heterocycles. The summed E-state index contributed by atoms with van der Waals surface area (Å²) >= 11 is 0. The van der Waals surface area contributed by atoms with E-state index in [4.69, 9.17) is 9.52 Å². The van der Waals surface area contributed by atoms with Crippen LogP contribution in [0.3, 0.4) is 0 Å². The van der Waals surface area contributed by atoms with Gasteiger partial charge in [-0.1, -0.05) is 0 Å². The zero-order chi connectivity index (χ0) is 12.9. The summed E-state index contributed by atoms with van der Waals surface area (Å²) in [6.45, 7) is 5.78. The lowest BCUT2D eigenvalue weighted by atomic mass is 10.1. The van der Waals surface area contributed by atoms with Crippen molar-refractivity contribution < 1.29 is 14.3 Å². The summed E-state index contributed by atoms with van der Waals surface area (Å²) in [4.78, 5) is 11.7. The summed E-state index contributed by atoms with van der Waals surface area (Å²) in [5, 5.41) is 14.9. The second-order valence-electron chi connectivity index (χ2n) is 4.71. The van der Waals surface area contributed by atoms with Crippen molar-refractivity contribution in [1.29, 1.82) is 0 Å². The van der Waals surface area contributed by atoms with Crippen LogP contribution in [0.15, 0.2) is 22.8 Å². The normalized spacial score (nSPS) is 13.4. The lowest BCUT2D eigenvalue weighted by Gasteiger charge is -2.27. The van der Waals surface area contributed by atoms with E-state index in [1.807, 2.05) is 13.8 Å². The van der Waals surface area contributed by atoms with Gasteiger partial charge in [-0.3, -0.25) is 10.1 Å². The standard InChI is InChI=1S/C12H20N2O3/c1-9(14-12(2,3)8-15)11(16)13-7-10-5-4-6-17-10/h4-6,9,14-15H,7-8H2,1-3H3,(H,13,16). The Kier molecular flexibility index (Phi) is 4.72. The molecule has 17 heavy (non-hydrogen) atoms. The van der Waals surface area contributed by atoms with E-state index in [1.165, 1.54) is 0 Å². The van der Waals surface area contributed by atoms with Crippen molar-refractivity contribution in [3.8, 4) is 0 Å². The van der Waals surface area contributed by atoms with Crippen molar-refractivity contribution in [2.45, 2.75) is 38.9 Å². The first-order chi connectivity index (χ1) is 7.94. The molecule has 96 valence electrons. The molecule has 0 aromatic carbocycles. The Morgan fingerprint density at radius 2 is 2.29 bits per heavy atom. The van der Waals surface area contributed by atoms with E-state index in [1.54, 1.807) is 25.3 Å². The fraction of sp³-hybridized carbons (Fsp3) is 0.583. The van der Waals surface area contributed by atoms with E-state index in [2.05, 4.69) is 10.6 Å². The van der Waals surface area contributed by atoms with Crippen molar-refractivity contribution in [1.82, 2.24) is 10.6 Å². The summed E-state index contributed by atoms with van der Waals surface area (Å²) in [7, 11) is 0. The maximum atomic E-state index is 11.7. The number of rotatable bonds is 6. The van der Waals surface area contributed by atoms with Crippen LogP contribution >= 0.6 is 0 Å². The zero-order valence-electron chi connectivity index (χ0n) is 10.5. The molecule has 0 spiro atoms. The first-order valence-corrected chi connectivity index (χ1v) is 5.63. The minimum atomic E-state index is -0.471. The molecular formula is C12H20N2O3. The molecule has 5 heteroatoms. The Morgan fingerprint density at radius 3 is 2.82 bits per heavy atom. The quantitative estimate of drug-likeness (QED) is 0.682. The number of aliphatic hydroxyl groups excluding tert-OH is 1. The van der Waals surface area contributed by atoms with Crippen LogP contribution in [0.4, 0.5) is 0 Å². The van der Waals surface area contributed by atoms with Crippen molar-refractivity contribution in [2.75, 3.05) is 6.61 Å². The van der Waals surface area contributed by atoms with Gasteiger partial charge < -0.3 is 14.8 Å². The molecule has 1 atom stereocenters. The van der Waals surface area contributed by atoms with E-state index < -0.39 is 5.54 Å². The molecule has 0 saturated heterocycles. The maximum Gasteiger partial charge on any atom is 0.237 e. The highest BCUT2D eigenvalue weighted by Gasteiger charge is 2.22. The molecule has 1 unspecified atom stereocenters. The summed E-state index contributed by atoms with van der Waals surface area (Å²) < 4.78 is 5.11. The first kappa shape index (κ1) is 13.7. The van der Waals surface area contributed by atoms with E-state index in [-0.39, 0.29) is 18.6 Å². The van der Waals surface area contributed by atoms with Crippen molar-refractivity contribution >= 4 is 5.91 Å². The molecule has 0 saturated carbocycles. The van der Waals surface area contributed by atoms with E-state index >= 15 is 0 Å². The van der Waals surface area contributed by atoms with Gasteiger partial charge in [-0.05, 0) is 32.9 Å². The fourth-order valence-electron chi connectivity index (χ4n) is 1.44. The Balaban J connectivity index is 2.37. The summed E-state index contributed by atoms with van der Waals surface area (Å²) in [6, 6.07) is 3.21. The number of amides is 1. The van der Waals surface area contributed by atoms with Gasteiger partial charge in [0.15, 0.2) is 0 Å². The smallest absolute Gasteiger partial charge is 0.237 e. The van der Waals surface area contributed by atoms with Crippen molar-refractivity contribution in [2.24, 2.45) is 0 Å². The highest BCUT2D eigenvalue weighted by Crippen LogP contribution is 2.03. The fourth-order valence-corrected chi connectivity index (χ4v) is 1.44. The maximum absolute atomic E-state index is 11.7. The van der Waals surface area contributed by atoms with Gasteiger partial charge in [0.25, 0.3) is 0 Å². The van der Waals surface area contributed by atoms with E-state index in [9.17, 15) is 4.79 Å². The van der Waals surface area contributed by atoms with Crippen LogP contribution < -0.4 is 10.6 Å². The predicted octanol–water partition coefficient (Wildman–Crippen LogP) is 0.645. The molecule has 5 nitrogen and oxygen atoms in total. The minimum absolute atomic E-state index is 0.0250. The average Bonchev–Trinajstić information content (AvgIpc) is 2.78. The molecule has 1 aromatic rings. The summed E-state index contributed by atoms with van der Waals surface area (Å²) in [5.74, 6) is 0.592. The second kappa shape index (κ2) is 5.84. The molecule has 1 amide bonds. The first-order valence-electron chi connectivity index (χ1n) is 5.63. The Labute approximate surface area is 101 Å². The molecule has 0 aliphatic carbocycles. The number of hydrogen-bond acceptors (Lipinski definition) is 4. The molecule has 3 N–H and O–H groups in total. The molecule has 0 aliphatic rings. The van der Waals surface area contributed by atoms with Gasteiger partial charge in [-0.2, -0.15) is 0 Å². The SMILES string of the molecule is CC(NC(C)(C)CO)C(=O)NCc1ccco1. The number of furan rings is 1. The molecule has 0 aliphatic heterocycles. The molecule has 0 bridgehead atoms. The molecule has 0 radical (unpaired) electrons. The average molecular weight is 240 g/mol. The summed E-state index contributed by atoms with van der Waals surface area (Å²) in [6.07, 6.45) is 1.57. The highest BCUT2D eigenvalue weighted by molar-refractivity contribution is 5.81. The Hall–Kier alpha value is -1.33. The van der Waals surface area contributed by atoms with Gasteiger partial charge >= 0.3 is 0 Å². The minimum Gasteiger partial charge on any atom is -0.467 e. The van der Waals surface area contributed by atoms with E-state index in [0.717, 1.165) is 0 Å². The van der Waals surface area contributed by atoms with Crippen LogP contribution in [-0.4, -0.2) is 29.2 Å². The summed E-state index contributed by atoms with van der Waals surface area (Å²) in [5.41, 5.74) is -0.471. The van der Waals surface area contributed by atoms with Gasteiger partial charge in [0.05, 0.1) is 25.5 Å². The van der Waals surface area contributed by atoms with Crippen LogP contribution in [0.5, 0.6) is 0 Å². The topological polar surface area (TPSA) is 74.5 Å². The van der Waals surface area contributed by atoms with Gasteiger partial charge in [0.1, 0.15) is 5.76 Å². The third-order valence-corrected chi connectivity index (χ3v) is 2.41. The van der Waals surface area contributed by atoms with Crippen molar-refractivity contribution in [3.05, 3.63) is 24.2 Å². The third-order valence-electron chi connectivity index (χ3n) is 2.41. The van der Waals surface area contributed by atoms with Crippen molar-refractivity contribution in [3.63, 3.8) is 0 Å². The lowest BCUT2D eigenvalue weighted by molar-refractivity contribution is -0.123. The monoisotopic (exact) mass is 240 g/mol. The Bertz CT molecular complexity index is 347. The lowest BCUT2D eigenvalue weighted by Crippen LogP contribution is -2.53. The van der Waals surface area contributed by atoms with Crippen LogP contribution in [-0.2, 0) is 11.3 Å². The van der Waals surface area contributed by atoms with Gasteiger partial charge in [0.2, 0.25) is 5.91 Å². The molecular weight excluding hydrogens is 220 g/mol. The van der Waals surface area contributed by atoms with Crippen LogP contribution in [0.25, 0.3) is 0 Å². The van der Waals surface area contributed by atoms with Crippen LogP contribution in [0, 0.1) is 0 Å². The number of hydrogen-bond donors (Lipinski definition) is 3. The number of carbonyl (C=O) groups is 1. The second-order valence-corrected chi connectivity index (χ2v) is 4.71. The third kappa shape index (κ3) is 4.58. The number of nitrogens with one attached hydrogen (secondary N) is 2.